The number of rotatable bonds is 3. The lowest BCUT2D eigenvalue weighted by atomic mass is 10.1. The summed E-state index contributed by atoms with van der Waals surface area (Å²) in [6.45, 7) is 5.38. The number of hydrogen-bond donors (Lipinski definition) is 1. The van der Waals surface area contributed by atoms with E-state index in [4.69, 9.17) is 5.73 Å². The quantitative estimate of drug-likeness (QED) is 0.946. The minimum Gasteiger partial charge on any atom is -0.326 e. The molecule has 0 radical (unpaired) electrons. The van der Waals surface area contributed by atoms with Gasteiger partial charge in [0.2, 0.25) is 0 Å². The van der Waals surface area contributed by atoms with Crippen LogP contribution in [0.4, 0.5) is 0 Å². The topological polar surface area (TPSA) is 47.1 Å². The second-order valence-corrected chi connectivity index (χ2v) is 6.67. The number of thiophene rings is 1. The van der Waals surface area contributed by atoms with Gasteiger partial charge in [0.15, 0.2) is 0 Å². The van der Waals surface area contributed by atoms with Crippen LogP contribution in [0.3, 0.4) is 0 Å². The highest BCUT2D eigenvalue weighted by Crippen LogP contribution is 2.29. The summed E-state index contributed by atoms with van der Waals surface area (Å²) >= 11 is 1.85. The fraction of sp³-hybridized carbons (Fsp3) is 0.500. The molecule has 0 bridgehead atoms. The average Bonchev–Trinajstić information content (AvgIpc) is 3.03. The van der Waals surface area contributed by atoms with Gasteiger partial charge in [0.25, 0.3) is 0 Å². The lowest BCUT2D eigenvalue weighted by Gasteiger charge is -2.13. The van der Waals surface area contributed by atoms with Gasteiger partial charge < -0.3 is 5.73 Å². The molecule has 0 spiro atoms. The third kappa shape index (κ3) is 3.23. The van der Waals surface area contributed by atoms with Crippen LogP contribution < -0.4 is 5.73 Å². The summed E-state index contributed by atoms with van der Waals surface area (Å²) < 4.78 is 1.84. The van der Waals surface area contributed by atoms with Crippen LogP contribution in [0.15, 0.2) is 24.5 Å². The monoisotopic (exact) mass is 312 g/mol. The van der Waals surface area contributed by atoms with E-state index in [1.807, 2.05) is 29.3 Å². The highest BCUT2D eigenvalue weighted by molar-refractivity contribution is 7.15. The second kappa shape index (κ2) is 6.26. The van der Waals surface area contributed by atoms with Crippen LogP contribution >= 0.6 is 23.7 Å². The van der Waals surface area contributed by atoms with E-state index in [2.05, 4.69) is 35.3 Å². The molecule has 4 nitrogen and oxygen atoms in total. The van der Waals surface area contributed by atoms with Crippen molar-refractivity contribution in [3.8, 4) is 10.4 Å². The van der Waals surface area contributed by atoms with E-state index in [0.29, 0.717) is 12.0 Å². The maximum absolute atomic E-state index is 6.07. The summed E-state index contributed by atoms with van der Waals surface area (Å²) in [6.07, 6.45) is 3.98. The smallest absolute Gasteiger partial charge is 0.0576 e. The molecule has 0 amide bonds. The number of halogens is 1. The van der Waals surface area contributed by atoms with Crippen LogP contribution in [0.5, 0.6) is 0 Å². The van der Waals surface area contributed by atoms with Crippen molar-refractivity contribution >= 4 is 23.7 Å². The summed E-state index contributed by atoms with van der Waals surface area (Å²) in [5.41, 5.74) is 7.27. The normalized spacial score (nSPS) is 22.9. The molecule has 110 valence electrons. The summed E-state index contributed by atoms with van der Waals surface area (Å²) in [6, 6.07) is 4.75. The van der Waals surface area contributed by atoms with Gasteiger partial charge in [-0.15, -0.1) is 23.7 Å². The zero-order valence-corrected chi connectivity index (χ0v) is 13.5. The van der Waals surface area contributed by atoms with E-state index in [1.165, 1.54) is 15.3 Å². The van der Waals surface area contributed by atoms with E-state index in [0.717, 1.165) is 19.6 Å². The number of aromatic nitrogens is 2. The Bertz CT molecular complexity index is 555. The molecule has 3 rings (SSSR count). The average molecular weight is 313 g/mol. The fourth-order valence-corrected chi connectivity index (χ4v) is 3.64. The van der Waals surface area contributed by atoms with Gasteiger partial charge in [-0.05, 0) is 18.1 Å². The van der Waals surface area contributed by atoms with E-state index < -0.39 is 0 Å². The molecule has 2 atom stereocenters. The van der Waals surface area contributed by atoms with Crippen LogP contribution in [0.25, 0.3) is 10.4 Å². The van der Waals surface area contributed by atoms with E-state index >= 15 is 0 Å². The van der Waals surface area contributed by atoms with Crippen molar-refractivity contribution in [2.24, 2.45) is 18.7 Å². The van der Waals surface area contributed by atoms with Crippen molar-refractivity contribution in [3.63, 3.8) is 0 Å². The van der Waals surface area contributed by atoms with Gasteiger partial charge in [-0.2, -0.15) is 5.10 Å². The molecule has 0 saturated carbocycles. The molecular formula is C14H21ClN4S. The minimum absolute atomic E-state index is 0. The third-order valence-corrected chi connectivity index (χ3v) is 4.90. The Hall–Kier alpha value is -0.880. The molecule has 2 unspecified atom stereocenters. The molecule has 6 heteroatoms. The first-order valence-corrected chi connectivity index (χ1v) is 7.49. The molecule has 20 heavy (non-hydrogen) atoms. The summed E-state index contributed by atoms with van der Waals surface area (Å²) in [5.74, 6) is 0.609. The molecule has 2 N–H and O–H groups in total. The van der Waals surface area contributed by atoms with Crippen molar-refractivity contribution in [1.82, 2.24) is 14.7 Å². The van der Waals surface area contributed by atoms with Crippen molar-refractivity contribution < 1.29 is 0 Å². The molecule has 1 fully saturated rings. The Morgan fingerprint density at radius 1 is 1.40 bits per heavy atom. The molecular weight excluding hydrogens is 292 g/mol. The third-order valence-electron chi connectivity index (χ3n) is 3.78. The molecule has 3 heterocycles. The standard InChI is InChI=1S/C14H20N4S.ClH/c1-10-6-18(9-13(10)15)8-12-3-4-14(19-12)11-5-16-17(2)7-11;/h3-5,7,10,13H,6,8-9,15H2,1-2H3;1H. The summed E-state index contributed by atoms with van der Waals surface area (Å²) in [4.78, 5) is 5.15. The molecule has 1 aliphatic heterocycles. The number of hydrogen-bond acceptors (Lipinski definition) is 4. The van der Waals surface area contributed by atoms with Gasteiger partial charge in [0.1, 0.15) is 0 Å². The molecule has 0 aliphatic carbocycles. The Balaban J connectivity index is 0.00000147. The fourth-order valence-electron chi connectivity index (χ4n) is 2.61. The molecule has 1 aliphatic rings. The maximum atomic E-state index is 6.07. The Labute approximate surface area is 130 Å². The maximum Gasteiger partial charge on any atom is 0.0576 e. The van der Waals surface area contributed by atoms with Gasteiger partial charge in [0, 0.05) is 54.2 Å². The predicted octanol–water partition coefficient (Wildman–Crippen LogP) is 2.35. The van der Waals surface area contributed by atoms with E-state index in [9.17, 15) is 0 Å². The summed E-state index contributed by atoms with van der Waals surface area (Å²) in [7, 11) is 1.95. The van der Waals surface area contributed by atoms with Crippen molar-refractivity contribution in [2.75, 3.05) is 13.1 Å². The number of nitrogens with zero attached hydrogens (tertiary/aromatic N) is 3. The van der Waals surface area contributed by atoms with Crippen molar-refractivity contribution in [3.05, 3.63) is 29.4 Å². The van der Waals surface area contributed by atoms with Crippen LogP contribution in [-0.4, -0.2) is 33.8 Å². The lowest BCUT2D eigenvalue weighted by Crippen LogP contribution is -2.28. The van der Waals surface area contributed by atoms with Crippen LogP contribution in [0, 0.1) is 5.92 Å². The van der Waals surface area contributed by atoms with Gasteiger partial charge in [-0.1, -0.05) is 6.92 Å². The van der Waals surface area contributed by atoms with Gasteiger partial charge >= 0.3 is 0 Å². The number of aryl methyl sites for hydroxylation is 1. The van der Waals surface area contributed by atoms with Crippen LogP contribution in [-0.2, 0) is 13.6 Å². The zero-order valence-electron chi connectivity index (χ0n) is 11.8. The largest absolute Gasteiger partial charge is 0.326 e. The first-order chi connectivity index (χ1) is 9.11. The van der Waals surface area contributed by atoms with E-state index in [1.54, 1.807) is 0 Å². The number of likely N-dealkylation sites (tertiary alicyclic amines) is 1. The van der Waals surface area contributed by atoms with E-state index in [-0.39, 0.29) is 12.4 Å². The van der Waals surface area contributed by atoms with Crippen LogP contribution in [0.2, 0.25) is 0 Å². The number of nitrogens with two attached hydrogens (primary N) is 1. The van der Waals surface area contributed by atoms with Gasteiger partial charge in [0.05, 0.1) is 6.20 Å². The SMILES string of the molecule is CC1CN(Cc2ccc(-c3cnn(C)c3)s2)CC1N.Cl. The first kappa shape index (κ1) is 15.5. The Morgan fingerprint density at radius 2 is 2.20 bits per heavy atom. The van der Waals surface area contributed by atoms with Gasteiger partial charge in [-0.3, -0.25) is 9.58 Å². The van der Waals surface area contributed by atoms with Crippen LogP contribution in [0.1, 0.15) is 11.8 Å². The summed E-state index contributed by atoms with van der Waals surface area (Å²) in [5, 5.41) is 4.22. The minimum atomic E-state index is 0. The second-order valence-electron chi connectivity index (χ2n) is 5.50. The molecule has 0 aromatic carbocycles. The highest BCUT2D eigenvalue weighted by atomic mass is 35.5. The zero-order chi connectivity index (χ0) is 13.4. The van der Waals surface area contributed by atoms with Crippen molar-refractivity contribution in [2.45, 2.75) is 19.5 Å². The Morgan fingerprint density at radius 3 is 2.80 bits per heavy atom. The molecule has 1 saturated heterocycles. The highest BCUT2D eigenvalue weighted by Gasteiger charge is 2.26. The predicted molar refractivity (Wildman–Crippen MR) is 86.2 cm³/mol. The first-order valence-electron chi connectivity index (χ1n) is 6.67. The Kier molecular flexibility index (Phi) is 4.86. The van der Waals surface area contributed by atoms with Crippen molar-refractivity contribution in [1.29, 1.82) is 0 Å². The molecule has 2 aromatic rings. The lowest BCUT2D eigenvalue weighted by molar-refractivity contribution is 0.322. The molecule has 2 aromatic heterocycles. The van der Waals surface area contributed by atoms with Gasteiger partial charge in [-0.25, -0.2) is 0 Å².